The van der Waals surface area contributed by atoms with Crippen molar-refractivity contribution in [1.29, 1.82) is 0 Å². The van der Waals surface area contributed by atoms with Crippen molar-refractivity contribution >= 4 is 15.9 Å². The summed E-state index contributed by atoms with van der Waals surface area (Å²) in [5, 5.41) is 10.4. The molecule has 0 amide bonds. The van der Waals surface area contributed by atoms with Crippen LogP contribution in [-0.2, 0) is 4.74 Å². The molecule has 2 rings (SSSR count). The molecule has 3 unspecified atom stereocenters. The fourth-order valence-electron chi connectivity index (χ4n) is 5.37. The Morgan fingerprint density at radius 1 is 1.31 bits per heavy atom. The average molecular weight is 431 g/mol. The van der Waals surface area contributed by atoms with E-state index in [9.17, 15) is 5.11 Å². The highest BCUT2D eigenvalue weighted by atomic mass is 79.9. The van der Waals surface area contributed by atoms with Gasteiger partial charge in [-0.2, -0.15) is 0 Å². The Morgan fingerprint density at radius 2 is 1.96 bits per heavy atom. The SMILES string of the molecule is CC.CCC(O)(CC)CCCO[C@H](C)C1CCC2/C(=C/Br)CCCC21C. The average Bonchev–Trinajstić information content (AvgIpc) is 3.03. The molecule has 4 atom stereocenters. The van der Waals surface area contributed by atoms with Gasteiger partial charge in [0.25, 0.3) is 0 Å². The highest BCUT2D eigenvalue weighted by molar-refractivity contribution is 9.11. The van der Waals surface area contributed by atoms with E-state index in [0.717, 1.165) is 38.2 Å². The lowest BCUT2D eigenvalue weighted by atomic mass is 9.63. The van der Waals surface area contributed by atoms with Crippen LogP contribution in [0.3, 0.4) is 0 Å². The molecule has 0 heterocycles. The number of hydrogen-bond donors (Lipinski definition) is 1. The first-order valence-corrected chi connectivity index (χ1v) is 11.9. The number of fused-ring (bicyclic) bond motifs is 1. The summed E-state index contributed by atoms with van der Waals surface area (Å²) >= 11 is 3.59. The van der Waals surface area contributed by atoms with E-state index in [1.54, 1.807) is 5.57 Å². The molecule has 0 spiro atoms. The molecule has 0 aromatic rings. The summed E-state index contributed by atoms with van der Waals surface area (Å²) in [6, 6.07) is 0. The lowest BCUT2D eigenvalue weighted by molar-refractivity contribution is -0.0365. The maximum atomic E-state index is 10.4. The Morgan fingerprint density at radius 3 is 2.54 bits per heavy atom. The smallest absolute Gasteiger partial charge is 0.0643 e. The Bertz CT molecular complexity index is 430. The molecule has 2 aliphatic rings. The number of allylic oxidation sites excluding steroid dienone is 1. The van der Waals surface area contributed by atoms with E-state index in [2.05, 4.69) is 48.6 Å². The van der Waals surface area contributed by atoms with E-state index in [4.69, 9.17) is 4.74 Å². The molecule has 0 aliphatic heterocycles. The molecule has 2 fully saturated rings. The van der Waals surface area contributed by atoms with Gasteiger partial charge in [-0.25, -0.2) is 0 Å². The first-order valence-electron chi connectivity index (χ1n) is 11.0. The van der Waals surface area contributed by atoms with Crippen molar-refractivity contribution in [3.8, 4) is 0 Å². The Labute approximate surface area is 171 Å². The Hall–Kier alpha value is 0.140. The number of hydrogen-bond acceptors (Lipinski definition) is 2. The third-order valence-electron chi connectivity index (χ3n) is 7.23. The van der Waals surface area contributed by atoms with Crippen LogP contribution in [0.25, 0.3) is 0 Å². The van der Waals surface area contributed by atoms with E-state index >= 15 is 0 Å². The summed E-state index contributed by atoms with van der Waals surface area (Å²) in [5.74, 6) is 1.41. The molecule has 26 heavy (non-hydrogen) atoms. The van der Waals surface area contributed by atoms with Crippen molar-refractivity contribution < 1.29 is 9.84 Å². The van der Waals surface area contributed by atoms with E-state index in [0.29, 0.717) is 17.4 Å². The molecule has 0 radical (unpaired) electrons. The van der Waals surface area contributed by atoms with E-state index in [-0.39, 0.29) is 0 Å². The van der Waals surface area contributed by atoms with Gasteiger partial charge in [0, 0.05) is 6.61 Å². The Balaban J connectivity index is 0.00000163. The third kappa shape index (κ3) is 5.58. The van der Waals surface area contributed by atoms with Crippen molar-refractivity contribution in [2.75, 3.05) is 6.61 Å². The maximum Gasteiger partial charge on any atom is 0.0643 e. The minimum atomic E-state index is -0.490. The molecule has 2 nitrogen and oxygen atoms in total. The molecule has 2 aliphatic carbocycles. The van der Waals surface area contributed by atoms with Gasteiger partial charge in [0.15, 0.2) is 0 Å². The molecule has 0 aromatic heterocycles. The normalized spacial score (nSPS) is 31.3. The summed E-state index contributed by atoms with van der Waals surface area (Å²) in [6.45, 7) is 13.7. The van der Waals surface area contributed by atoms with Crippen LogP contribution in [-0.4, -0.2) is 23.4 Å². The Kier molecular flexibility index (Phi) is 10.4. The number of halogens is 1. The van der Waals surface area contributed by atoms with Gasteiger partial charge in [-0.15, -0.1) is 0 Å². The van der Waals surface area contributed by atoms with Gasteiger partial charge in [-0.05, 0) is 86.9 Å². The first-order chi connectivity index (χ1) is 12.4. The van der Waals surface area contributed by atoms with Gasteiger partial charge in [-0.1, -0.05) is 56.1 Å². The summed E-state index contributed by atoms with van der Waals surface area (Å²) in [4.78, 5) is 2.19. The second kappa shape index (κ2) is 11.2. The van der Waals surface area contributed by atoms with Crippen molar-refractivity contribution in [3.63, 3.8) is 0 Å². The van der Waals surface area contributed by atoms with Crippen LogP contribution in [0, 0.1) is 17.3 Å². The summed E-state index contributed by atoms with van der Waals surface area (Å²) in [7, 11) is 0. The standard InChI is InChI=1S/C21H37BrO2.C2H6/c1-5-21(23,6-2)13-8-14-24-16(3)18-10-11-19-17(15-22)9-7-12-20(18,19)4;1-2/h15-16,18-19,23H,5-14H2,1-4H3;1-2H3/b17-15+;/t16-,18?,19?,20?;/m1./s1. The minimum absolute atomic E-state index is 0.325. The van der Waals surface area contributed by atoms with Crippen LogP contribution in [0.2, 0.25) is 0 Å². The fourth-order valence-corrected chi connectivity index (χ4v) is 5.92. The second-order valence-corrected chi connectivity index (χ2v) is 8.85. The maximum absolute atomic E-state index is 10.4. The lowest BCUT2D eigenvalue weighted by Crippen LogP contribution is -2.38. The van der Waals surface area contributed by atoms with Crippen molar-refractivity contribution in [2.45, 2.75) is 111 Å². The second-order valence-electron chi connectivity index (χ2n) is 8.39. The molecular formula is C23H43BrO2. The van der Waals surface area contributed by atoms with Gasteiger partial charge >= 0.3 is 0 Å². The molecule has 0 saturated heterocycles. The molecule has 3 heteroatoms. The molecular weight excluding hydrogens is 388 g/mol. The van der Waals surface area contributed by atoms with Gasteiger partial charge in [-0.3, -0.25) is 0 Å². The largest absolute Gasteiger partial charge is 0.390 e. The van der Waals surface area contributed by atoms with Crippen molar-refractivity contribution in [1.82, 2.24) is 0 Å². The van der Waals surface area contributed by atoms with E-state index < -0.39 is 5.60 Å². The quantitative estimate of drug-likeness (QED) is 0.410. The van der Waals surface area contributed by atoms with Crippen LogP contribution in [0.4, 0.5) is 0 Å². The minimum Gasteiger partial charge on any atom is -0.390 e. The van der Waals surface area contributed by atoms with Crippen LogP contribution < -0.4 is 0 Å². The molecule has 154 valence electrons. The summed E-state index contributed by atoms with van der Waals surface area (Å²) < 4.78 is 6.25. The topological polar surface area (TPSA) is 29.5 Å². The predicted molar refractivity (Wildman–Crippen MR) is 117 cm³/mol. The third-order valence-corrected chi connectivity index (χ3v) is 7.82. The zero-order valence-corrected chi connectivity index (χ0v) is 19.7. The summed E-state index contributed by atoms with van der Waals surface area (Å²) in [6.07, 6.45) is 10.3. The van der Waals surface area contributed by atoms with Gasteiger partial charge in [0.1, 0.15) is 0 Å². The summed E-state index contributed by atoms with van der Waals surface area (Å²) in [5.41, 5.74) is 1.54. The predicted octanol–water partition coefficient (Wildman–Crippen LogP) is 7.24. The van der Waals surface area contributed by atoms with Crippen molar-refractivity contribution in [2.24, 2.45) is 17.3 Å². The zero-order valence-electron chi connectivity index (χ0n) is 18.1. The highest BCUT2D eigenvalue weighted by Gasteiger charge is 2.51. The molecule has 0 bridgehead atoms. The monoisotopic (exact) mass is 430 g/mol. The number of rotatable bonds is 8. The van der Waals surface area contributed by atoms with E-state index in [1.165, 1.54) is 32.1 Å². The first kappa shape index (κ1) is 24.2. The van der Waals surface area contributed by atoms with Crippen LogP contribution in [0.1, 0.15) is 99.3 Å². The van der Waals surface area contributed by atoms with E-state index in [1.807, 2.05) is 13.8 Å². The zero-order chi connectivity index (χ0) is 19.8. The van der Waals surface area contributed by atoms with Crippen LogP contribution in [0.5, 0.6) is 0 Å². The fraction of sp³-hybridized carbons (Fsp3) is 0.913. The van der Waals surface area contributed by atoms with Gasteiger partial charge < -0.3 is 9.84 Å². The molecule has 2 saturated carbocycles. The number of aliphatic hydroxyl groups is 1. The highest BCUT2D eigenvalue weighted by Crippen LogP contribution is 2.58. The lowest BCUT2D eigenvalue weighted by Gasteiger charge is -2.44. The molecule has 0 aromatic carbocycles. The van der Waals surface area contributed by atoms with Crippen molar-refractivity contribution in [3.05, 3.63) is 10.6 Å². The van der Waals surface area contributed by atoms with Gasteiger partial charge in [0.2, 0.25) is 0 Å². The molecule has 1 N–H and O–H groups in total. The number of ether oxygens (including phenoxy) is 1. The van der Waals surface area contributed by atoms with Gasteiger partial charge in [0.05, 0.1) is 11.7 Å². The van der Waals surface area contributed by atoms with Crippen LogP contribution in [0.15, 0.2) is 10.6 Å². The van der Waals surface area contributed by atoms with Crippen LogP contribution >= 0.6 is 15.9 Å².